The first kappa shape index (κ1) is 17.6. The van der Waals surface area contributed by atoms with E-state index < -0.39 is 0 Å². The van der Waals surface area contributed by atoms with E-state index in [9.17, 15) is 9.59 Å². The molecule has 7 nitrogen and oxygen atoms in total. The van der Waals surface area contributed by atoms with Gasteiger partial charge in [-0.2, -0.15) is 0 Å². The van der Waals surface area contributed by atoms with Gasteiger partial charge in [0.15, 0.2) is 0 Å². The van der Waals surface area contributed by atoms with Crippen molar-refractivity contribution in [2.24, 2.45) is 0 Å². The van der Waals surface area contributed by atoms with E-state index in [1.807, 2.05) is 11.8 Å². The van der Waals surface area contributed by atoms with Crippen molar-refractivity contribution in [1.29, 1.82) is 0 Å². The van der Waals surface area contributed by atoms with Crippen molar-refractivity contribution < 1.29 is 23.8 Å². The summed E-state index contributed by atoms with van der Waals surface area (Å²) in [5.41, 5.74) is -0.290. The maximum Gasteiger partial charge on any atom is 0.248 e. The molecule has 3 aliphatic heterocycles. The van der Waals surface area contributed by atoms with Gasteiger partial charge < -0.3 is 24.0 Å². The number of hydrogen-bond acceptors (Lipinski definition) is 5. The molecule has 1 spiro atoms. The Kier molecular flexibility index (Phi) is 5.73. The first-order chi connectivity index (χ1) is 11.6. The Morgan fingerprint density at radius 2 is 1.83 bits per heavy atom. The molecule has 0 N–H and O–H groups in total. The minimum absolute atomic E-state index is 0.0123. The number of rotatable bonds is 6. The zero-order valence-corrected chi connectivity index (χ0v) is 14.5. The van der Waals surface area contributed by atoms with Crippen LogP contribution in [0.5, 0.6) is 0 Å². The highest BCUT2D eigenvalue weighted by atomic mass is 16.5. The highest BCUT2D eigenvalue weighted by molar-refractivity contribution is 5.78. The van der Waals surface area contributed by atoms with E-state index in [0.29, 0.717) is 26.3 Å². The summed E-state index contributed by atoms with van der Waals surface area (Å²) in [6.45, 7) is 6.24. The SMILES string of the molecule is CCOCC(=O)N1CC2(C[C@@H](OCC(=O)N3CCCC3)CCO2)C1. The summed E-state index contributed by atoms with van der Waals surface area (Å²) in [6, 6.07) is 0. The van der Waals surface area contributed by atoms with Gasteiger partial charge in [-0.15, -0.1) is 0 Å². The molecule has 3 fully saturated rings. The van der Waals surface area contributed by atoms with Crippen molar-refractivity contribution in [2.45, 2.75) is 44.3 Å². The third kappa shape index (κ3) is 4.07. The number of amides is 2. The number of nitrogens with zero attached hydrogens (tertiary/aromatic N) is 2. The summed E-state index contributed by atoms with van der Waals surface area (Å²) < 4.78 is 16.9. The molecule has 7 heteroatoms. The number of hydrogen-bond donors (Lipinski definition) is 0. The second-order valence-corrected chi connectivity index (χ2v) is 6.93. The summed E-state index contributed by atoms with van der Waals surface area (Å²) in [4.78, 5) is 27.6. The third-order valence-electron chi connectivity index (χ3n) is 5.09. The van der Waals surface area contributed by atoms with Crippen LogP contribution in [0.25, 0.3) is 0 Å². The molecule has 0 saturated carbocycles. The van der Waals surface area contributed by atoms with E-state index in [0.717, 1.165) is 38.8 Å². The molecule has 24 heavy (non-hydrogen) atoms. The first-order valence-electron chi connectivity index (χ1n) is 9.01. The van der Waals surface area contributed by atoms with Gasteiger partial charge >= 0.3 is 0 Å². The maximum atomic E-state index is 12.1. The molecule has 0 radical (unpaired) electrons. The maximum absolute atomic E-state index is 12.1. The van der Waals surface area contributed by atoms with Gasteiger partial charge in [0, 0.05) is 32.7 Å². The molecule has 0 aliphatic carbocycles. The topological polar surface area (TPSA) is 68.3 Å². The largest absolute Gasteiger partial charge is 0.372 e. The molecule has 3 heterocycles. The van der Waals surface area contributed by atoms with Gasteiger partial charge in [-0.3, -0.25) is 9.59 Å². The monoisotopic (exact) mass is 340 g/mol. The molecule has 3 aliphatic rings. The minimum atomic E-state index is -0.290. The van der Waals surface area contributed by atoms with Gasteiger partial charge in [0.05, 0.1) is 19.2 Å². The highest BCUT2D eigenvalue weighted by Crippen LogP contribution is 2.35. The fourth-order valence-corrected chi connectivity index (χ4v) is 3.70. The normalized spacial score (nSPS) is 25.8. The Morgan fingerprint density at radius 3 is 2.54 bits per heavy atom. The van der Waals surface area contributed by atoms with Crippen LogP contribution in [0.2, 0.25) is 0 Å². The molecule has 2 amide bonds. The average Bonchev–Trinajstić information content (AvgIpc) is 3.10. The van der Waals surface area contributed by atoms with Crippen LogP contribution in [0, 0.1) is 0 Å². The lowest BCUT2D eigenvalue weighted by Gasteiger charge is -2.52. The predicted molar refractivity (Wildman–Crippen MR) is 86.5 cm³/mol. The van der Waals surface area contributed by atoms with E-state index in [1.165, 1.54) is 0 Å². The van der Waals surface area contributed by atoms with Gasteiger partial charge in [0.1, 0.15) is 18.8 Å². The molecule has 3 saturated heterocycles. The second kappa shape index (κ2) is 7.80. The molecule has 0 aromatic carbocycles. The molecule has 0 bridgehead atoms. The van der Waals surface area contributed by atoms with Gasteiger partial charge in [-0.1, -0.05) is 0 Å². The lowest BCUT2D eigenvalue weighted by atomic mass is 9.84. The van der Waals surface area contributed by atoms with Crippen LogP contribution in [0.15, 0.2) is 0 Å². The Balaban J connectivity index is 1.40. The van der Waals surface area contributed by atoms with E-state index in [4.69, 9.17) is 14.2 Å². The van der Waals surface area contributed by atoms with E-state index in [-0.39, 0.29) is 36.7 Å². The molecule has 0 aromatic rings. The minimum Gasteiger partial charge on any atom is -0.372 e. The quantitative estimate of drug-likeness (QED) is 0.701. The molecule has 0 unspecified atom stereocenters. The van der Waals surface area contributed by atoms with Crippen molar-refractivity contribution in [1.82, 2.24) is 9.80 Å². The van der Waals surface area contributed by atoms with Crippen LogP contribution in [0.1, 0.15) is 32.6 Å². The molecule has 3 rings (SSSR count). The summed E-state index contributed by atoms with van der Waals surface area (Å²) in [5, 5.41) is 0. The van der Waals surface area contributed by atoms with E-state index >= 15 is 0 Å². The van der Waals surface area contributed by atoms with Gasteiger partial charge in [-0.25, -0.2) is 0 Å². The van der Waals surface area contributed by atoms with Crippen molar-refractivity contribution in [3.8, 4) is 0 Å². The van der Waals surface area contributed by atoms with Crippen LogP contribution in [0.4, 0.5) is 0 Å². The van der Waals surface area contributed by atoms with Crippen molar-refractivity contribution in [2.75, 3.05) is 52.6 Å². The Bertz CT molecular complexity index is 458. The zero-order valence-electron chi connectivity index (χ0n) is 14.5. The number of likely N-dealkylation sites (tertiary alicyclic amines) is 2. The van der Waals surface area contributed by atoms with Crippen molar-refractivity contribution in [3.63, 3.8) is 0 Å². The highest BCUT2D eigenvalue weighted by Gasteiger charge is 2.49. The van der Waals surface area contributed by atoms with Gasteiger partial charge in [0.25, 0.3) is 0 Å². The molecular formula is C17H28N2O5. The van der Waals surface area contributed by atoms with Crippen LogP contribution in [-0.4, -0.2) is 85.9 Å². The van der Waals surface area contributed by atoms with E-state index in [1.54, 1.807) is 4.90 Å². The van der Waals surface area contributed by atoms with Crippen molar-refractivity contribution in [3.05, 3.63) is 0 Å². The summed E-state index contributed by atoms with van der Waals surface area (Å²) >= 11 is 0. The number of ether oxygens (including phenoxy) is 3. The fraction of sp³-hybridized carbons (Fsp3) is 0.882. The Morgan fingerprint density at radius 1 is 1.12 bits per heavy atom. The first-order valence-corrected chi connectivity index (χ1v) is 9.01. The second-order valence-electron chi connectivity index (χ2n) is 6.93. The molecule has 0 aromatic heterocycles. The summed E-state index contributed by atoms with van der Waals surface area (Å²) in [7, 11) is 0. The number of carbonyl (C=O) groups excluding carboxylic acids is 2. The Labute approximate surface area is 143 Å². The predicted octanol–water partition coefficient (Wildman–Crippen LogP) is 0.422. The third-order valence-corrected chi connectivity index (χ3v) is 5.09. The van der Waals surface area contributed by atoms with Crippen LogP contribution in [0.3, 0.4) is 0 Å². The number of carbonyl (C=O) groups is 2. The molecule has 1 atom stereocenters. The van der Waals surface area contributed by atoms with E-state index in [2.05, 4.69) is 0 Å². The zero-order chi connectivity index (χ0) is 17.0. The van der Waals surface area contributed by atoms with Crippen molar-refractivity contribution >= 4 is 11.8 Å². The van der Waals surface area contributed by atoms with Gasteiger partial charge in [-0.05, 0) is 26.2 Å². The molecular weight excluding hydrogens is 312 g/mol. The standard InChI is InChI=1S/C17H28N2O5/c1-2-22-10-15(20)19-12-17(13-19)9-14(5-8-24-17)23-11-16(21)18-6-3-4-7-18/h14H,2-13H2,1H3/t14-/m0/s1. The smallest absolute Gasteiger partial charge is 0.248 e. The van der Waals surface area contributed by atoms with Crippen LogP contribution in [-0.2, 0) is 23.8 Å². The average molecular weight is 340 g/mol. The van der Waals surface area contributed by atoms with Crippen LogP contribution < -0.4 is 0 Å². The molecule has 136 valence electrons. The lowest BCUT2D eigenvalue weighted by molar-refractivity contribution is -0.203. The fourth-order valence-electron chi connectivity index (χ4n) is 3.70. The summed E-state index contributed by atoms with van der Waals surface area (Å²) in [5.74, 6) is 0.105. The Hall–Kier alpha value is -1.18. The lowest BCUT2D eigenvalue weighted by Crippen LogP contribution is -2.67. The summed E-state index contributed by atoms with van der Waals surface area (Å²) in [6.07, 6.45) is 3.78. The van der Waals surface area contributed by atoms with Gasteiger partial charge in [0.2, 0.25) is 11.8 Å². The van der Waals surface area contributed by atoms with Crippen LogP contribution >= 0.6 is 0 Å².